The van der Waals surface area contributed by atoms with Crippen LogP contribution in [0.4, 0.5) is 0 Å². The van der Waals surface area contributed by atoms with Crippen LogP contribution >= 0.6 is 0 Å². The van der Waals surface area contributed by atoms with E-state index in [0.717, 1.165) is 29.3 Å². The summed E-state index contributed by atoms with van der Waals surface area (Å²) in [5.74, 6) is 2.03. The molecule has 1 saturated carbocycles. The third-order valence-corrected chi connectivity index (χ3v) is 4.16. The molecule has 1 fully saturated rings. The van der Waals surface area contributed by atoms with Crippen molar-refractivity contribution in [3.05, 3.63) is 23.7 Å². The van der Waals surface area contributed by atoms with Gasteiger partial charge in [0, 0.05) is 12.6 Å². The highest BCUT2D eigenvalue weighted by atomic mass is 15.0. The van der Waals surface area contributed by atoms with Crippen molar-refractivity contribution in [1.29, 1.82) is 0 Å². The first-order valence-corrected chi connectivity index (χ1v) is 7.13. The molecule has 1 N–H and O–H groups in total. The molecule has 0 amide bonds. The minimum atomic E-state index is 0.869. The molecule has 2 aromatic rings. The number of H-pyrrole nitrogens is 1. The number of aromatic nitrogens is 3. The van der Waals surface area contributed by atoms with Crippen molar-refractivity contribution in [1.82, 2.24) is 15.0 Å². The Morgan fingerprint density at radius 1 is 1.28 bits per heavy atom. The van der Waals surface area contributed by atoms with Gasteiger partial charge in [-0.15, -0.1) is 0 Å². The fraction of sp³-hybridized carbons (Fsp3) is 0.600. The Morgan fingerprint density at radius 3 is 2.89 bits per heavy atom. The summed E-state index contributed by atoms with van der Waals surface area (Å²) in [5, 5.41) is 0. The molecule has 0 atom stereocenters. The summed E-state index contributed by atoms with van der Waals surface area (Å²) in [6.45, 7) is 2.10. The normalized spacial score (nSPS) is 17.4. The van der Waals surface area contributed by atoms with Gasteiger partial charge in [0.2, 0.25) is 0 Å². The fourth-order valence-electron chi connectivity index (χ4n) is 3.02. The minimum absolute atomic E-state index is 0.869. The van der Waals surface area contributed by atoms with Crippen molar-refractivity contribution >= 4 is 11.2 Å². The maximum absolute atomic E-state index is 4.59. The number of fused-ring (bicyclic) bond motifs is 1. The molecule has 1 aliphatic carbocycles. The van der Waals surface area contributed by atoms with Crippen LogP contribution in [0.3, 0.4) is 0 Å². The van der Waals surface area contributed by atoms with Gasteiger partial charge in [0.05, 0.1) is 5.52 Å². The van der Waals surface area contributed by atoms with E-state index in [1.807, 2.05) is 12.3 Å². The SMILES string of the molecule is Cc1ccnc2nc(CCC3CCCCC3)[nH]c12. The van der Waals surface area contributed by atoms with E-state index in [1.54, 1.807) is 0 Å². The second-order valence-electron chi connectivity index (χ2n) is 5.55. The lowest BCUT2D eigenvalue weighted by molar-refractivity contribution is 0.337. The van der Waals surface area contributed by atoms with E-state index >= 15 is 0 Å². The van der Waals surface area contributed by atoms with Crippen LogP contribution in [-0.4, -0.2) is 15.0 Å². The van der Waals surface area contributed by atoms with Gasteiger partial charge in [-0.1, -0.05) is 32.1 Å². The summed E-state index contributed by atoms with van der Waals surface area (Å²) in [4.78, 5) is 12.3. The summed E-state index contributed by atoms with van der Waals surface area (Å²) in [6.07, 6.45) is 11.3. The lowest BCUT2D eigenvalue weighted by Crippen LogP contribution is -2.07. The van der Waals surface area contributed by atoms with Gasteiger partial charge in [0.25, 0.3) is 0 Å². The second kappa shape index (κ2) is 5.09. The third kappa shape index (κ3) is 2.40. The van der Waals surface area contributed by atoms with Crippen LogP contribution in [-0.2, 0) is 6.42 Å². The number of nitrogens with one attached hydrogen (secondary N) is 1. The van der Waals surface area contributed by atoms with Crippen LogP contribution in [0, 0.1) is 12.8 Å². The van der Waals surface area contributed by atoms with Crippen LogP contribution in [0.15, 0.2) is 12.3 Å². The topological polar surface area (TPSA) is 41.6 Å². The van der Waals surface area contributed by atoms with E-state index in [4.69, 9.17) is 0 Å². The average molecular weight is 243 g/mol. The number of aryl methyl sites for hydroxylation is 2. The summed E-state index contributed by atoms with van der Waals surface area (Å²) >= 11 is 0. The quantitative estimate of drug-likeness (QED) is 0.891. The predicted molar refractivity (Wildman–Crippen MR) is 73.5 cm³/mol. The highest BCUT2D eigenvalue weighted by Crippen LogP contribution is 2.27. The zero-order valence-electron chi connectivity index (χ0n) is 11.1. The molecule has 18 heavy (non-hydrogen) atoms. The van der Waals surface area contributed by atoms with Gasteiger partial charge in [-0.25, -0.2) is 9.97 Å². The number of hydrogen-bond donors (Lipinski definition) is 1. The predicted octanol–water partition coefficient (Wildman–Crippen LogP) is 3.78. The summed E-state index contributed by atoms with van der Waals surface area (Å²) in [6, 6.07) is 2.03. The first-order chi connectivity index (χ1) is 8.83. The van der Waals surface area contributed by atoms with Crippen LogP contribution in [0.1, 0.15) is 49.9 Å². The van der Waals surface area contributed by atoms with Crippen LogP contribution < -0.4 is 0 Å². The Labute approximate surface area is 108 Å². The molecule has 0 bridgehead atoms. The monoisotopic (exact) mass is 243 g/mol. The van der Waals surface area contributed by atoms with E-state index in [-0.39, 0.29) is 0 Å². The lowest BCUT2D eigenvalue weighted by Gasteiger charge is -2.20. The third-order valence-electron chi connectivity index (χ3n) is 4.16. The molecule has 3 heteroatoms. The molecule has 0 aromatic carbocycles. The van der Waals surface area contributed by atoms with E-state index < -0.39 is 0 Å². The van der Waals surface area contributed by atoms with Crippen LogP contribution in [0.5, 0.6) is 0 Å². The number of pyridine rings is 1. The molecule has 96 valence electrons. The van der Waals surface area contributed by atoms with Gasteiger partial charge in [0.15, 0.2) is 5.65 Å². The van der Waals surface area contributed by atoms with Gasteiger partial charge < -0.3 is 4.98 Å². The van der Waals surface area contributed by atoms with Crippen molar-refractivity contribution in [3.8, 4) is 0 Å². The Balaban J connectivity index is 1.69. The average Bonchev–Trinajstić information content (AvgIpc) is 2.82. The van der Waals surface area contributed by atoms with Crippen molar-refractivity contribution in [3.63, 3.8) is 0 Å². The standard InChI is InChI=1S/C15H21N3/c1-11-9-10-16-15-14(11)17-13(18-15)8-7-12-5-3-2-4-6-12/h9-10,12H,2-8H2,1H3,(H,16,17,18). The first-order valence-electron chi connectivity index (χ1n) is 7.13. The number of aromatic amines is 1. The number of rotatable bonds is 3. The first kappa shape index (κ1) is 11.7. The zero-order chi connectivity index (χ0) is 12.4. The molecule has 1 aliphatic rings. The summed E-state index contributed by atoms with van der Waals surface area (Å²) < 4.78 is 0. The largest absolute Gasteiger partial charge is 0.340 e. The summed E-state index contributed by atoms with van der Waals surface area (Å²) in [5.41, 5.74) is 3.21. The minimum Gasteiger partial charge on any atom is -0.340 e. The molecule has 0 saturated heterocycles. The molecule has 2 aromatic heterocycles. The Morgan fingerprint density at radius 2 is 2.11 bits per heavy atom. The molecule has 0 unspecified atom stereocenters. The van der Waals surface area contributed by atoms with Crippen molar-refractivity contribution < 1.29 is 0 Å². The molecule has 3 rings (SSSR count). The molecule has 0 spiro atoms. The molecule has 3 nitrogen and oxygen atoms in total. The number of imidazole rings is 1. The van der Waals surface area contributed by atoms with E-state index in [1.165, 1.54) is 44.1 Å². The molecule has 0 aliphatic heterocycles. The van der Waals surface area contributed by atoms with E-state index in [9.17, 15) is 0 Å². The molecular formula is C15H21N3. The number of hydrogen-bond acceptors (Lipinski definition) is 2. The van der Waals surface area contributed by atoms with Crippen molar-refractivity contribution in [2.24, 2.45) is 5.92 Å². The highest BCUT2D eigenvalue weighted by molar-refractivity contribution is 5.74. The molecule has 2 heterocycles. The second-order valence-corrected chi connectivity index (χ2v) is 5.55. The van der Waals surface area contributed by atoms with Gasteiger partial charge in [-0.05, 0) is 30.9 Å². The van der Waals surface area contributed by atoms with Gasteiger partial charge in [-0.3, -0.25) is 0 Å². The Hall–Kier alpha value is -1.38. The van der Waals surface area contributed by atoms with Crippen molar-refractivity contribution in [2.75, 3.05) is 0 Å². The Kier molecular flexibility index (Phi) is 3.31. The zero-order valence-corrected chi connectivity index (χ0v) is 11.1. The molecular weight excluding hydrogens is 222 g/mol. The molecule has 0 radical (unpaired) electrons. The Bertz CT molecular complexity index is 524. The lowest BCUT2D eigenvalue weighted by atomic mass is 9.86. The van der Waals surface area contributed by atoms with Crippen molar-refractivity contribution in [2.45, 2.75) is 51.9 Å². The smallest absolute Gasteiger partial charge is 0.177 e. The van der Waals surface area contributed by atoms with Crippen LogP contribution in [0.25, 0.3) is 11.2 Å². The van der Waals surface area contributed by atoms with E-state index in [0.29, 0.717) is 0 Å². The van der Waals surface area contributed by atoms with Gasteiger partial charge in [0.1, 0.15) is 5.82 Å². The van der Waals surface area contributed by atoms with Gasteiger partial charge >= 0.3 is 0 Å². The van der Waals surface area contributed by atoms with Gasteiger partial charge in [-0.2, -0.15) is 0 Å². The fourth-order valence-corrected chi connectivity index (χ4v) is 3.02. The maximum atomic E-state index is 4.59. The maximum Gasteiger partial charge on any atom is 0.177 e. The van der Waals surface area contributed by atoms with E-state index in [2.05, 4.69) is 21.9 Å². The number of nitrogens with zero attached hydrogens (tertiary/aromatic N) is 2. The summed E-state index contributed by atoms with van der Waals surface area (Å²) in [7, 11) is 0. The van der Waals surface area contributed by atoms with Crippen LogP contribution in [0.2, 0.25) is 0 Å². The highest BCUT2D eigenvalue weighted by Gasteiger charge is 2.14.